The van der Waals surface area contributed by atoms with Gasteiger partial charge in [0.1, 0.15) is 0 Å². The lowest BCUT2D eigenvalue weighted by molar-refractivity contribution is -0.0958. The van der Waals surface area contributed by atoms with Crippen LogP contribution in [-0.2, 0) is 9.47 Å². The lowest BCUT2D eigenvalue weighted by Crippen LogP contribution is -2.18. The molecule has 0 aromatic rings. The zero-order valence-corrected chi connectivity index (χ0v) is 10.3. The molecule has 0 saturated heterocycles. The highest BCUT2D eigenvalue weighted by molar-refractivity contribution is 4.63. The summed E-state index contributed by atoms with van der Waals surface area (Å²) in [5.74, 6) is 0. The van der Waals surface area contributed by atoms with Gasteiger partial charge in [-0.2, -0.15) is 0 Å². The third kappa shape index (κ3) is 7.34. The Kier molecular flexibility index (Phi) is 8.20. The van der Waals surface area contributed by atoms with Gasteiger partial charge in [-0.25, -0.2) is 0 Å². The van der Waals surface area contributed by atoms with Crippen LogP contribution >= 0.6 is 0 Å². The fraction of sp³-hybridized carbons (Fsp3) is 0.917. The molecule has 0 bridgehead atoms. The minimum Gasteiger partial charge on any atom is -0.342 e. The van der Waals surface area contributed by atoms with Crippen molar-refractivity contribution in [2.45, 2.75) is 72.5 Å². The molecule has 1 radical (unpaired) electrons. The van der Waals surface area contributed by atoms with Gasteiger partial charge in [0.25, 0.3) is 0 Å². The molecule has 0 saturated carbocycles. The van der Waals surface area contributed by atoms with Crippen molar-refractivity contribution in [3.05, 3.63) is 6.29 Å². The summed E-state index contributed by atoms with van der Waals surface area (Å²) in [6, 6.07) is 0. The molecular formula is C12H25O2. The molecule has 85 valence electrons. The first-order valence-electron chi connectivity index (χ1n) is 5.77. The maximum absolute atomic E-state index is 5.60. The second-order valence-electron chi connectivity index (χ2n) is 3.93. The molecule has 0 aliphatic heterocycles. The van der Waals surface area contributed by atoms with E-state index in [0.717, 1.165) is 25.7 Å². The van der Waals surface area contributed by atoms with Crippen molar-refractivity contribution in [3.63, 3.8) is 0 Å². The second-order valence-corrected chi connectivity index (χ2v) is 3.93. The minimum atomic E-state index is 0.272. The highest BCUT2D eigenvalue weighted by Gasteiger charge is 2.12. The quantitative estimate of drug-likeness (QED) is 0.593. The maximum atomic E-state index is 5.60. The van der Waals surface area contributed by atoms with Gasteiger partial charge in [-0.15, -0.1) is 0 Å². The molecule has 0 fully saturated rings. The van der Waals surface area contributed by atoms with Crippen LogP contribution in [0.4, 0.5) is 0 Å². The molecule has 0 aromatic carbocycles. The van der Waals surface area contributed by atoms with E-state index in [0.29, 0.717) is 6.29 Å². The molecule has 14 heavy (non-hydrogen) atoms. The van der Waals surface area contributed by atoms with Crippen molar-refractivity contribution in [2.24, 2.45) is 0 Å². The lowest BCUT2D eigenvalue weighted by atomic mass is 10.2. The topological polar surface area (TPSA) is 18.5 Å². The third-order valence-corrected chi connectivity index (χ3v) is 2.12. The monoisotopic (exact) mass is 201 g/mol. The number of ether oxygens (including phenoxy) is 2. The van der Waals surface area contributed by atoms with E-state index in [-0.39, 0.29) is 12.2 Å². The van der Waals surface area contributed by atoms with Gasteiger partial charge >= 0.3 is 0 Å². The van der Waals surface area contributed by atoms with E-state index in [9.17, 15) is 0 Å². The second kappa shape index (κ2) is 8.25. The molecule has 0 aliphatic carbocycles. The highest BCUT2D eigenvalue weighted by Crippen LogP contribution is 2.15. The predicted octanol–water partition coefficient (Wildman–Crippen LogP) is 3.91. The van der Waals surface area contributed by atoms with Crippen LogP contribution in [0.2, 0.25) is 0 Å². The molecule has 0 heterocycles. The van der Waals surface area contributed by atoms with Crippen molar-refractivity contribution in [1.82, 2.24) is 0 Å². The predicted molar refractivity (Wildman–Crippen MR) is 59.8 cm³/mol. The van der Waals surface area contributed by atoms with Gasteiger partial charge in [-0.1, -0.05) is 26.7 Å². The van der Waals surface area contributed by atoms with Crippen molar-refractivity contribution >= 4 is 0 Å². The maximum Gasteiger partial charge on any atom is 0.221 e. The largest absolute Gasteiger partial charge is 0.342 e. The minimum absolute atomic E-state index is 0.272. The molecule has 2 atom stereocenters. The molecular weight excluding hydrogens is 176 g/mol. The fourth-order valence-corrected chi connectivity index (χ4v) is 1.53. The van der Waals surface area contributed by atoms with E-state index in [1.165, 1.54) is 0 Å². The molecule has 0 rings (SSSR count). The van der Waals surface area contributed by atoms with E-state index in [1.54, 1.807) is 0 Å². The van der Waals surface area contributed by atoms with Crippen molar-refractivity contribution < 1.29 is 9.47 Å². The summed E-state index contributed by atoms with van der Waals surface area (Å²) >= 11 is 0. The average Bonchev–Trinajstić information content (AvgIpc) is 2.03. The molecule has 2 unspecified atom stereocenters. The third-order valence-electron chi connectivity index (χ3n) is 2.12. The van der Waals surface area contributed by atoms with Crippen LogP contribution < -0.4 is 0 Å². The summed E-state index contributed by atoms with van der Waals surface area (Å²) in [5, 5.41) is 0. The number of rotatable bonds is 8. The van der Waals surface area contributed by atoms with Gasteiger partial charge in [-0.3, -0.25) is 0 Å². The zero-order chi connectivity index (χ0) is 11.0. The van der Waals surface area contributed by atoms with Gasteiger partial charge in [0, 0.05) is 0 Å². The first-order valence-corrected chi connectivity index (χ1v) is 5.77. The SMILES string of the molecule is CCCC(C)O[C](C)OC(C)CCC. The van der Waals surface area contributed by atoms with Crippen molar-refractivity contribution in [2.75, 3.05) is 0 Å². The van der Waals surface area contributed by atoms with Crippen LogP contribution in [0.5, 0.6) is 0 Å². The van der Waals surface area contributed by atoms with Crippen LogP contribution in [0.15, 0.2) is 0 Å². The summed E-state index contributed by atoms with van der Waals surface area (Å²) < 4.78 is 11.2. The Morgan fingerprint density at radius 3 is 1.57 bits per heavy atom. The number of hydrogen-bond donors (Lipinski definition) is 0. The molecule has 0 aromatic heterocycles. The van der Waals surface area contributed by atoms with E-state index >= 15 is 0 Å². The average molecular weight is 201 g/mol. The lowest BCUT2D eigenvalue weighted by Gasteiger charge is -2.21. The molecule has 0 N–H and O–H groups in total. The summed E-state index contributed by atoms with van der Waals surface area (Å²) in [6.45, 7) is 10.4. The van der Waals surface area contributed by atoms with Crippen LogP contribution in [-0.4, -0.2) is 12.2 Å². The van der Waals surface area contributed by atoms with Gasteiger partial charge in [0.05, 0.1) is 12.2 Å². The Labute approximate surface area is 89.0 Å². The molecule has 2 heteroatoms. The van der Waals surface area contributed by atoms with Crippen molar-refractivity contribution in [3.8, 4) is 0 Å². The Balaban J connectivity index is 3.57. The van der Waals surface area contributed by atoms with Crippen LogP contribution in [0, 0.1) is 6.29 Å². The first-order chi connectivity index (χ1) is 6.60. The standard InChI is InChI=1S/C12H25O2/c1-6-8-10(3)13-12(5)14-11(4)9-7-2/h10-11H,6-9H2,1-5H3. The Morgan fingerprint density at radius 1 is 0.929 bits per heavy atom. The molecule has 2 nitrogen and oxygen atoms in total. The van der Waals surface area contributed by atoms with Gasteiger partial charge in [0.2, 0.25) is 6.29 Å². The summed E-state index contributed by atoms with van der Waals surface area (Å²) in [5.41, 5.74) is 0. The van der Waals surface area contributed by atoms with E-state index in [1.807, 2.05) is 6.92 Å². The van der Waals surface area contributed by atoms with Crippen LogP contribution in [0.25, 0.3) is 0 Å². The van der Waals surface area contributed by atoms with E-state index < -0.39 is 0 Å². The van der Waals surface area contributed by atoms with Crippen LogP contribution in [0.3, 0.4) is 0 Å². The number of hydrogen-bond acceptors (Lipinski definition) is 2. The Bertz CT molecular complexity index is 111. The van der Waals surface area contributed by atoms with Gasteiger partial charge in [-0.05, 0) is 33.6 Å². The van der Waals surface area contributed by atoms with Crippen LogP contribution in [0.1, 0.15) is 60.3 Å². The smallest absolute Gasteiger partial charge is 0.221 e. The Morgan fingerprint density at radius 2 is 1.29 bits per heavy atom. The summed E-state index contributed by atoms with van der Waals surface area (Å²) in [4.78, 5) is 0. The molecule has 0 spiro atoms. The Hall–Kier alpha value is -0.0800. The summed E-state index contributed by atoms with van der Waals surface area (Å²) in [6.07, 6.45) is 5.73. The zero-order valence-electron chi connectivity index (χ0n) is 10.3. The van der Waals surface area contributed by atoms with Gasteiger partial charge < -0.3 is 9.47 Å². The molecule has 0 amide bonds. The fourth-order valence-electron chi connectivity index (χ4n) is 1.53. The highest BCUT2D eigenvalue weighted by atomic mass is 16.7. The molecule has 0 aliphatic rings. The van der Waals surface area contributed by atoms with E-state index in [2.05, 4.69) is 27.7 Å². The van der Waals surface area contributed by atoms with E-state index in [4.69, 9.17) is 9.47 Å². The normalized spacial score (nSPS) is 15.9. The summed E-state index contributed by atoms with van der Waals surface area (Å²) in [7, 11) is 0. The van der Waals surface area contributed by atoms with Crippen molar-refractivity contribution in [1.29, 1.82) is 0 Å². The van der Waals surface area contributed by atoms with Gasteiger partial charge in [0.15, 0.2) is 0 Å². The first kappa shape index (κ1) is 13.9.